The summed E-state index contributed by atoms with van der Waals surface area (Å²) in [7, 11) is 0. The van der Waals surface area contributed by atoms with Crippen molar-refractivity contribution in [1.29, 1.82) is 0 Å². The fraction of sp³-hybridized carbons (Fsp3) is 0.0645. The van der Waals surface area contributed by atoms with Gasteiger partial charge in [0.2, 0.25) is 0 Å². The lowest BCUT2D eigenvalue weighted by Crippen LogP contribution is -2.28. The minimum atomic E-state index is -0.520. The minimum Gasteiger partial charge on any atom is -0.228 e. The number of rotatable bonds is 6. The molecule has 13 rings (SSSR count). The molecule has 0 unspecified atom stereocenters. The molecule has 2 nitrogen and oxygen atoms in total. The zero-order valence-electron chi connectivity index (χ0n) is 36.1. The van der Waals surface area contributed by atoms with Gasteiger partial charge in [-0.25, -0.2) is 9.97 Å². The third-order valence-electron chi connectivity index (χ3n) is 14.2. The fourth-order valence-electron chi connectivity index (χ4n) is 11.2. The zero-order chi connectivity index (χ0) is 43.3. The molecule has 0 atom stereocenters. The molecule has 2 aliphatic rings. The average molecular weight is 847 g/mol. The van der Waals surface area contributed by atoms with Gasteiger partial charge in [0.25, 0.3) is 0 Å². The maximum Gasteiger partial charge on any atom is 0.160 e. The van der Waals surface area contributed by atoms with Crippen LogP contribution in [0.4, 0.5) is 0 Å². The van der Waals surface area contributed by atoms with Gasteiger partial charge in [-0.2, -0.15) is 0 Å². The lowest BCUT2D eigenvalue weighted by molar-refractivity contribution is 0.661. The molecule has 2 aromatic heterocycles. The van der Waals surface area contributed by atoms with Crippen molar-refractivity contribution >= 4 is 31.5 Å². The summed E-state index contributed by atoms with van der Waals surface area (Å²) in [6.07, 6.45) is 0. The molecule has 0 bridgehead atoms. The first-order chi connectivity index (χ1) is 32.0. The first-order valence-electron chi connectivity index (χ1n) is 22.5. The van der Waals surface area contributed by atoms with Crippen molar-refractivity contribution in [3.63, 3.8) is 0 Å². The molecule has 0 N–H and O–H groups in total. The Labute approximate surface area is 383 Å². The van der Waals surface area contributed by atoms with E-state index in [9.17, 15) is 0 Å². The van der Waals surface area contributed by atoms with Gasteiger partial charge in [-0.1, -0.05) is 202 Å². The highest BCUT2D eigenvalue weighted by molar-refractivity contribution is 7.25. The van der Waals surface area contributed by atoms with Gasteiger partial charge in [0.05, 0.1) is 16.8 Å². The van der Waals surface area contributed by atoms with Gasteiger partial charge in [-0.05, 0) is 97.1 Å². The molecule has 9 aromatic carbocycles. The quantitative estimate of drug-likeness (QED) is 0.167. The van der Waals surface area contributed by atoms with Crippen LogP contribution in [-0.2, 0) is 10.8 Å². The van der Waals surface area contributed by atoms with Crippen LogP contribution in [0.5, 0.6) is 0 Å². The third-order valence-corrected chi connectivity index (χ3v) is 15.3. The summed E-state index contributed by atoms with van der Waals surface area (Å²) in [6, 6.07) is 80.1. The summed E-state index contributed by atoms with van der Waals surface area (Å²) in [5, 5.41) is 2.62. The van der Waals surface area contributed by atoms with Crippen molar-refractivity contribution < 1.29 is 0 Å². The molecular formula is C62H42N2S. The highest BCUT2D eigenvalue weighted by Crippen LogP contribution is 2.57. The third kappa shape index (κ3) is 5.65. The average Bonchev–Trinajstić information content (AvgIpc) is 3.97. The second-order valence-electron chi connectivity index (χ2n) is 18.0. The van der Waals surface area contributed by atoms with Crippen molar-refractivity contribution in [3.8, 4) is 67.3 Å². The van der Waals surface area contributed by atoms with Crippen LogP contribution in [0, 0.1) is 0 Å². The van der Waals surface area contributed by atoms with E-state index in [4.69, 9.17) is 9.97 Å². The summed E-state index contributed by atoms with van der Waals surface area (Å²) in [5.74, 6) is 0.732. The van der Waals surface area contributed by atoms with Crippen LogP contribution in [0.1, 0.15) is 47.2 Å². The molecule has 2 heterocycles. The SMILES string of the molecule is CC1(C)c2ccccc2-c2cccc(-c3nc(-c4ccc(-c5ccc6sc7ccccc7c6c5)cc4)cc(-c4ccc5c(c4)C(c4ccccc4)(c4ccccc4)c4ccccc4-5)n3)c21. The molecule has 0 saturated carbocycles. The molecule has 65 heavy (non-hydrogen) atoms. The molecule has 0 aliphatic heterocycles. The van der Waals surface area contributed by atoms with E-state index in [-0.39, 0.29) is 5.41 Å². The number of hydrogen-bond donors (Lipinski definition) is 0. The van der Waals surface area contributed by atoms with E-state index >= 15 is 0 Å². The van der Waals surface area contributed by atoms with E-state index < -0.39 is 5.41 Å². The van der Waals surface area contributed by atoms with E-state index in [1.54, 1.807) is 0 Å². The van der Waals surface area contributed by atoms with Gasteiger partial charge in [0.15, 0.2) is 5.82 Å². The molecule has 0 spiro atoms. The Balaban J connectivity index is 1.01. The van der Waals surface area contributed by atoms with Crippen LogP contribution in [0.25, 0.3) is 87.5 Å². The van der Waals surface area contributed by atoms with Crippen molar-refractivity contribution in [2.75, 3.05) is 0 Å². The number of nitrogens with zero attached hydrogens (tertiary/aromatic N) is 2. The van der Waals surface area contributed by atoms with Gasteiger partial charge >= 0.3 is 0 Å². The van der Waals surface area contributed by atoms with Crippen LogP contribution < -0.4 is 0 Å². The second kappa shape index (κ2) is 14.4. The second-order valence-corrected chi connectivity index (χ2v) is 19.1. The van der Waals surface area contributed by atoms with Crippen LogP contribution >= 0.6 is 11.3 Å². The fourth-order valence-corrected chi connectivity index (χ4v) is 12.3. The Morgan fingerprint density at radius 1 is 0.354 bits per heavy atom. The van der Waals surface area contributed by atoms with E-state index in [0.717, 1.165) is 33.9 Å². The normalized spacial score (nSPS) is 13.9. The predicted molar refractivity (Wildman–Crippen MR) is 272 cm³/mol. The topological polar surface area (TPSA) is 25.8 Å². The summed E-state index contributed by atoms with van der Waals surface area (Å²) in [4.78, 5) is 11.1. The van der Waals surface area contributed by atoms with E-state index in [0.29, 0.717) is 0 Å². The molecule has 0 radical (unpaired) electrons. The highest BCUT2D eigenvalue weighted by Gasteiger charge is 2.46. The molecule has 0 amide bonds. The van der Waals surface area contributed by atoms with Crippen molar-refractivity contribution in [3.05, 3.63) is 252 Å². The van der Waals surface area contributed by atoms with Crippen molar-refractivity contribution in [2.24, 2.45) is 0 Å². The number of hydrogen-bond acceptors (Lipinski definition) is 3. The summed E-state index contributed by atoms with van der Waals surface area (Å²) in [5.41, 5.74) is 19.3. The van der Waals surface area contributed by atoms with Crippen LogP contribution in [-0.4, -0.2) is 9.97 Å². The van der Waals surface area contributed by atoms with Crippen molar-refractivity contribution in [1.82, 2.24) is 9.97 Å². The van der Waals surface area contributed by atoms with E-state index in [2.05, 4.69) is 232 Å². The van der Waals surface area contributed by atoms with Gasteiger partial charge in [0.1, 0.15) is 0 Å². The van der Waals surface area contributed by atoms with E-state index in [1.807, 2.05) is 11.3 Å². The van der Waals surface area contributed by atoms with Gasteiger partial charge in [0, 0.05) is 42.3 Å². The Bertz CT molecular complexity index is 3640. The number of benzene rings is 9. The number of thiophene rings is 1. The largest absolute Gasteiger partial charge is 0.228 e. The minimum absolute atomic E-state index is 0.233. The van der Waals surface area contributed by atoms with Crippen LogP contribution in [0.2, 0.25) is 0 Å². The molecule has 11 aromatic rings. The van der Waals surface area contributed by atoms with Gasteiger partial charge < -0.3 is 0 Å². The maximum atomic E-state index is 5.58. The van der Waals surface area contributed by atoms with Crippen LogP contribution in [0.15, 0.2) is 218 Å². The smallest absolute Gasteiger partial charge is 0.160 e. The van der Waals surface area contributed by atoms with Gasteiger partial charge in [-0.15, -0.1) is 11.3 Å². The monoisotopic (exact) mass is 846 g/mol. The number of fused-ring (bicyclic) bond motifs is 9. The summed E-state index contributed by atoms with van der Waals surface area (Å²) in [6.45, 7) is 4.68. The molecule has 0 saturated heterocycles. The van der Waals surface area contributed by atoms with Crippen molar-refractivity contribution in [2.45, 2.75) is 24.7 Å². The van der Waals surface area contributed by atoms with Crippen LogP contribution in [0.3, 0.4) is 0 Å². The Kier molecular flexibility index (Phi) is 8.38. The molecule has 3 heteroatoms. The molecular weight excluding hydrogens is 805 g/mol. The lowest BCUT2D eigenvalue weighted by Gasteiger charge is -2.34. The Morgan fingerprint density at radius 2 is 0.892 bits per heavy atom. The number of aromatic nitrogens is 2. The molecule has 2 aliphatic carbocycles. The first-order valence-corrected chi connectivity index (χ1v) is 23.3. The summed E-state index contributed by atoms with van der Waals surface area (Å²) >= 11 is 1.85. The standard InChI is InChI=1S/C62H42N2S/c1-61(2)52-25-12-9-21-46(52)49-23-15-24-50(59(49)61)60-63-55(40-30-28-39(29-31-40)41-33-35-58-51(36-41)48-22-11-14-27-57(48)65-58)38-56(64-60)42-32-34-47-45-20-10-13-26-53(45)62(54(47)37-42,43-16-5-3-6-17-43)44-18-7-4-8-19-44/h3-38H,1-2H3. The van der Waals surface area contributed by atoms with Gasteiger partial charge in [-0.3, -0.25) is 0 Å². The lowest BCUT2D eigenvalue weighted by atomic mass is 9.67. The van der Waals surface area contributed by atoms with E-state index in [1.165, 1.54) is 86.9 Å². The highest BCUT2D eigenvalue weighted by atomic mass is 32.1. The zero-order valence-corrected chi connectivity index (χ0v) is 36.9. The first kappa shape index (κ1) is 37.8. The Morgan fingerprint density at radius 3 is 1.65 bits per heavy atom. The molecule has 0 fully saturated rings. The maximum absolute atomic E-state index is 5.58. The Hall–Kier alpha value is -7.72. The predicted octanol–water partition coefficient (Wildman–Crippen LogP) is 16.2. The molecule has 306 valence electrons. The summed E-state index contributed by atoms with van der Waals surface area (Å²) < 4.78 is 2.63.